The first-order valence-electron chi connectivity index (χ1n) is 10.1. The van der Waals surface area contributed by atoms with Crippen molar-refractivity contribution >= 4 is 50.8 Å². The van der Waals surface area contributed by atoms with Crippen molar-refractivity contribution in [3.05, 3.63) is 57.6 Å². The number of carbonyl (C=O) groups is 2. The van der Waals surface area contributed by atoms with Crippen molar-refractivity contribution in [2.45, 2.75) is 31.6 Å². The smallest absolute Gasteiger partial charge is 0.338 e. The predicted molar refractivity (Wildman–Crippen MR) is 124 cm³/mol. The van der Waals surface area contributed by atoms with Crippen molar-refractivity contribution in [2.24, 2.45) is 5.92 Å². The molecule has 0 radical (unpaired) electrons. The Hall–Kier alpha value is -2.13. The lowest BCUT2D eigenvalue weighted by molar-refractivity contribution is -0.119. The van der Waals surface area contributed by atoms with E-state index in [0.29, 0.717) is 29.4 Å². The van der Waals surface area contributed by atoms with Gasteiger partial charge in [0.15, 0.2) is 6.61 Å². The van der Waals surface area contributed by atoms with Crippen LogP contribution in [0.5, 0.6) is 0 Å². The Morgan fingerprint density at radius 2 is 1.94 bits per heavy atom. The molecule has 1 N–H and O–H groups in total. The molecule has 0 bridgehead atoms. The van der Waals surface area contributed by atoms with Crippen LogP contribution >= 0.6 is 23.2 Å². The average Bonchev–Trinajstić information content (AvgIpc) is 2.75. The van der Waals surface area contributed by atoms with Crippen LogP contribution in [-0.4, -0.2) is 44.3 Å². The predicted octanol–water partition coefficient (Wildman–Crippen LogP) is 4.52. The van der Waals surface area contributed by atoms with Gasteiger partial charge in [0, 0.05) is 23.8 Å². The largest absolute Gasteiger partial charge is 0.452 e. The monoisotopic (exact) mass is 498 g/mol. The van der Waals surface area contributed by atoms with Gasteiger partial charge in [0.25, 0.3) is 5.91 Å². The first-order valence-corrected chi connectivity index (χ1v) is 12.3. The van der Waals surface area contributed by atoms with Gasteiger partial charge in [0.05, 0.1) is 10.6 Å². The summed E-state index contributed by atoms with van der Waals surface area (Å²) >= 11 is 12.2. The number of sulfonamides is 1. The highest BCUT2D eigenvalue weighted by Crippen LogP contribution is 2.29. The summed E-state index contributed by atoms with van der Waals surface area (Å²) in [4.78, 5) is 24.5. The molecule has 1 heterocycles. The van der Waals surface area contributed by atoms with E-state index in [1.807, 2.05) is 6.92 Å². The Kier molecular flexibility index (Phi) is 7.82. The van der Waals surface area contributed by atoms with Gasteiger partial charge in [-0.25, -0.2) is 13.2 Å². The van der Waals surface area contributed by atoms with Gasteiger partial charge in [-0.1, -0.05) is 36.2 Å². The molecule has 32 heavy (non-hydrogen) atoms. The summed E-state index contributed by atoms with van der Waals surface area (Å²) < 4.78 is 32.6. The molecule has 0 aliphatic carbocycles. The highest BCUT2D eigenvalue weighted by molar-refractivity contribution is 7.89. The summed E-state index contributed by atoms with van der Waals surface area (Å²) in [6.07, 6.45) is 1.73. The van der Waals surface area contributed by atoms with Gasteiger partial charge < -0.3 is 10.1 Å². The molecule has 1 unspecified atom stereocenters. The summed E-state index contributed by atoms with van der Waals surface area (Å²) in [5, 5.41) is 3.15. The van der Waals surface area contributed by atoms with Crippen molar-refractivity contribution in [3.8, 4) is 0 Å². The van der Waals surface area contributed by atoms with Crippen molar-refractivity contribution in [3.63, 3.8) is 0 Å². The van der Waals surface area contributed by atoms with Crippen LogP contribution in [0.15, 0.2) is 41.3 Å². The topological polar surface area (TPSA) is 92.8 Å². The van der Waals surface area contributed by atoms with Crippen LogP contribution in [0.4, 0.5) is 5.69 Å². The third-order valence-corrected chi connectivity index (χ3v) is 8.04. The van der Waals surface area contributed by atoms with Crippen LogP contribution in [0.3, 0.4) is 0 Å². The van der Waals surface area contributed by atoms with E-state index in [0.717, 1.165) is 12.8 Å². The van der Waals surface area contributed by atoms with E-state index in [1.54, 1.807) is 25.1 Å². The first-order chi connectivity index (χ1) is 15.1. The van der Waals surface area contributed by atoms with Gasteiger partial charge in [-0.05, 0) is 61.6 Å². The Bertz CT molecular complexity index is 1140. The minimum Gasteiger partial charge on any atom is -0.452 e. The number of benzene rings is 2. The van der Waals surface area contributed by atoms with Gasteiger partial charge >= 0.3 is 5.97 Å². The molecule has 1 aliphatic rings. The van der Waals surface area contributed by atoms with Crippen molar-refractivity contribution in [2.75, 3.05) is 25.0 Å². The number of ether oxygens (including phenoxy) is 1. The zero-order chi connectivity index (χ0) is 23.5. The summed E-state index contributed by atoms with van der Waals surface area (Å²) in [5.41, 5.74) is 1.19. The molecule has 1 amide bonds. The molecule has 1 atom stereocenters. The number of nitrogens with one attached hydrogen (secondary N) is 1. The van der Waals surface area contributed by atoms with Gasteiger partial charge in [-0.2, -0.15) is 4.31 Å². The second-order valence-corrected chi connectivity index (χ2v) is 10.5. The average molecular weight is 499 g/mol. The highest BCUT2D eigenvalue weighted by atomic mass is 35.5. The standard InChI is InChI=1S/C22H24Cl2N2O5S/c1-14-5-4-10-26(12-14)32(29,30)20-11-16(8-9-18(20)24)22(28)31-13-21(27)25-19-7-3-6-17(23)15(19)2/h3,6-9,11,14H,4-5,10,12-13H2,1-2H3,(H,25,27). The molecule has 1 aliphatic heterocycles. The fraction of sp³-hybridized carbons (Fsp3) is 0.364. The number of carbonyl (C=O) groups excluding carboxylic acids is 2. The molecule has 7 nitrogen and oxygen atoms in total. The van der Waals surface area contributed by atoms with Gasteiger partial charge in [-0.15, -0.1) is 0 Å². The normalized spacial score (nSPS) is 17.1. The van der Waals surface area contributed by atoms with E-state index in [1.165, 1.54) is 22.5 Å². The molecule has 10 heteroatoms. The van der Waals surface area contributed by atoms with Crippen LogP contribution in [-0.2, 0) is 19.6 Å². The molecular formula is C22H24Cl2N2O5S. The second kappa shape index (κ2) is 10.2. The maximum atomic E-state index is 13.1. The maximum absolute atomic E-state index is 13.1. The third-order valence-electron chi connectivity index (χ3n) is 5.28. The van der Waals surface area contributed by atoms with Crippen LogP contribution in [0.2, 0.25) is 10.0 Å². The Labute approximate surface area is 197 Å². The van der Waals surface area contributed by atoms with Crippen LogP contribution < -0.4 is 5.32 Å². The third kappa shape index (κ3) is 5.61. The van der Waals surface area contributed by atoms with Crippen molar-refractivity contribution < 1.29 is 22.7 Å². The number of piperidine rings is 1. The lowest BCUT2D eigenvalue weighted by Gasteiger charge is -2.30. The Balaban J connectivity index is 1.70. The summed E-state index contributed by atoms with van der Waals surface area (Å²) in [7, 11) is -3.86. The molecule has 0 aromatic heterocycles. The quantitative estimate of drug-likeness (QED) is 0.591. The first kappa shape index (κ1) is 24.5. The van der Waals surface area contributed by atoms with E-state index in [-0.39, 0.29) is 21.4 Å². The number of hydrogen-bond donors (Lipinski definition) is 1. The molecule has 172 valence electrons. The van der Waals surface area contributed by atoms with Crippen molar-refractivity contribution in [1.29, 1.82) is 0 Å². The molecule has 3 rings (SSSR count). The fourth-order valence-corrected chi connectivity index (χ4v) is 5.75. The van der Waals surface area contributed by atoms with E-state index >= 15 is 0 Å². The van der Waals surface area contributed by atoms with Gasteiger partial charge in [0.2, 0.25) is 10.0 Å². The Morgan fingerprint density at radius 1 is 1.19 bits per heavy atom. The number of esters is 1. The minimum absolute atomic E-state index is 0.00947. The van der Waals surface area contributed by atoms with E-state index in [9.17, 15) is 18.0 Å². The summed E-state index contributed by atoms with van der Waals surface area (Å²) in [5.74, 6) is -1.14. The number of anilines is 1. The second-order valence-electron chi connectivity index (χ2n) is 7.79. The van der Waals surface area contributed by atoms with Crippen LogP contribution in [0.25, 0.3) is 0 Å². The highest BCUT2D eigenvalue weighted by Gasteiger charge is 2.31. The fourth-order valence-electron chi connectivity index (χ4n) is 3.48. The zero-order valence-corrected chi connectivity index (χ0v) is 20.1. The summed E-state index contributed by atoms with van der Waals surface area (Å²) in [6.45, 7) is 4.01. The van der Waals surface area contributed by atoms with Gasteiger partial charge in [-0.3, -0.25) is 4.79 Å². The lowest BCUT2D eigenvalue weighted by atomic mass is 10.0. The lowest BCUT2D eigenvalue weighted by Crippen LogP contribution is -2.39. The minimum atomic E-state index is -3.86. The molecule has 2 aromatic carbocycles. The molecule has 2 aromatic rings. The number of rotatable bonds is 6. The van der Waals surface area contributed by atoms with Gasteiger partial charge in [0.1, 0.15) is 4.90 Å². The maximum Gasteiger partial charge on any atom is 0.338 e. The van der Waals surface area contributed by atoms with Crippen LogP contribution in [0, 0.1) is 12.8 Å². The number of hydrogen-bond acceptors (Lipinski definition) is 5. The van der Waals surface area contributed by atoms with Crippen molar-refractivity contribution in [1.82, 2.24) is 4.31 Å². The van der Waals surface area contributed by atoms with E-state index < -0.39 is 28.5 Å². The Morgan fingerprint density at radius 3 is 2.66 bits per heavy atom. The SMILES string of the molecule is Cc1c(Cl)cccc1NC(=O)COC(=O)c1ccc(Cl)c(S(=O)(=O)N2CCCC(C)C2)c1. The molecule has 0 saturated carbocycles. The van der Waals surface area contributed by atoms with E-state index in [4.69, 9.17) is 27.9 Å². The molecule has 1 fully saturated rings. The number of amides is 1. The number of halogens is 2. The molecule has 1 saturated heterocycles. The van der Waals surface area contributed by atoms with Crippen LogP contribution in [0.1, 0.15) is 35.7 Å². The molecule has 0 spiro atoms. The number of nitrogens with zero attached hydrogens (tertiary/aromatic N) is 1. The zero-order valence-electron chi connectivity index (χ0n) is 17.7. The van der Waals surface area contributed by atoms with E-state index in [2.05, 4.69) is 5.32 Å². The molecular weight excluding hydrogens is 475 g/mol. The summed E-state index contributed by atoms with van der Waals surface area (Å²) in [6, 6.07) is 8.96.